The molecule has 6 nitrogen and oxygen atoms in total. The van der Waals surface area contributed by atoms with E-state index in [1.165, 1.54) is 6.42 Å². The summed E-state index contributed by atoms with van der Waals surface area (Å²) in [6.07, 6.45) is 1.18. The van der Waals surface area contributed by atoms with Gasteiger partial charge in [0.05, 0.1) is 0 Å². The van der Waals surface area contributed by atoms with Gasteiger partial charge in [0.15, 0.2) is 5.96 Å². The van der Waals surface area contributed by atoms with Crippen LogP contribution in [0.1, 0.15) is 26.2 Å². The molecule has 7 heteroatoms. The van der Waals surface area contributed by atoms with Crippen molar-refractivity contribution in [3.63, 3.8) is 0 Å². The molecule has 0 amide bonds. The van der Waals surface area contributed by atoms with Gasteiger partial charge in [-0.3, -0.25) is 0 Å². The van der Waals surface area contributed by atoms with Gasteiger partial charge in [-0.15, -0.1) is 0 Å². The van der Waals surface area contributed by atoms with E-state index in [0.717, 1.165) is 18.1 Å². The van der Waals surface area contributed by atoms with E-state index >= 15 is 0 Å². The van der Waals surface area contributed by atoms with Crippen molar-refractivity contribution in [2.24, 2.45) is 10.9 Å². The molecular formula is C16H20ClN5O. The summed E-state index contributed by atoms with van der Waals surface area (Å²) in [6, 6.07) is 7.88. The van der Waals surface area contributed by atoms with Gasteiger partial charge in [-0.1, -0.05) is 35.8 Å². The zero-order chi connectivity index (χ0) is 16.2. The van der Waals surface area contributed by atoms with E-state index in [4.69, 9.17) is 16.1 Å². The van der Waals surface area contributed by atoms with Crippen molar-refractivity contribution >= 4 is 17.6 Å². The van der Waals surface area contributed by atoms with Crippen LogP contribution in [0.2, 0.25) is 5.02 Å². The lowest BCUT2D eigenvalue weighted by Gasteiger charge is -2.09. The molecule has 0 spiro atoms. The first-order valence-corrected chi connectivity index (χ1v) is 8.17. The van der Waals surface area contributed by atoms with Crippen LogP contribution >= 0.6 is 11.6 Å². The van der Waals surface area contributed by atoms with Crippen molar-refractivity contribution in [3.05, 3.63) is 35.2 Å². The number of hydrogen-bond donors (Lipinski definition) is 2. The highest BCUT2D eigenvalue weighted by atomic mass is 35.5. The molecule has 2 N–H and O–H groups in total. The van der Waals surface area contributed by atoms with Crippen molar-refractivity contribution in [1.82, 2.24) is 20.8 Å². The molecule has 1 fully saturated rings. The van der Waals surface area contributed by atoms with Crippen molar-refractivity contribution in [2.45, 2.75) is 32.9 Å². The van der Waals surface area contributed by atoms with Crippen molar-refractivity contribution in [1.29, 1.82) is 0 Å². The van der Waals surface area contributed by atoms with Gasteiger partial charge in [0, 0.05) is 23.2 Å². The molecule has 1 heterocycles. The monoisotopic (exact) mass is 333 g/mol. The van der Waals surface area contributed by atoms with Gasteiger partial charge < -0.3 is 15.2 Å². The highest BCUT2D eigenvalue weighted by Crippen LogP contribution is 2.28. The Morgan fingerprint density at radius 2 is 2.30 bits per heavy atom. The third-order valence-corrected chi connectivity index (χ3v) is 3.93. The lowest BCUT2D eigenvalue weighted by Crippen LogP contribution is -2.39. The zero-order valence-electron chi connectivity index (χ0n) is 13.2. The van der Waals surface area contributed by atoms with Crippen LogP contribution in [0.25, 0.3) is 11.4 Å². The van der Waals surface area contributed by atoms with Gasteiger partial charge in [0.1, 0.15) is 6.54 Å². The Hall–Kier alpha value is -2.08. The molecule has 1 aliphatic rings. The van der Waals surface area contributed by atoms with Crippen LogP contribution in [-0.2, 0) is 6.54 Å². The van der Waals surface area contributed by atoms with Crippen LogP contribution < -0.4 is 10.6 Å². The van der Waals surface area contributed by atoms with Crippen LogP contribution in [0.15, 0.2) is 33.8 Å². The summed E-state index contributed by atoms with van der Waals surface area (Å²) < 4.78 is 5.26. The van der Waals surface area contributed by atoms with Gasteiger partial charge >= 0.3 is 0 Å². The summed E-state index contributed by atoms with van der Waals surface area (Å²) in [5, 5.41) is 11.2. The smallest absolute Gasteiger partial charge is 0.248 e. The fraction of sp³-hybridized carbons (Fsp3) is 0.438. The number of hydrogen-bond acceptors (Lipinski definition) is 4. The molecular weight excluding hydrogens is 314 g/mol. The molecule has 0 bridgehead atoms. The maximum Gasteiger partial charge on any atom is 0.248 e. The Bertz CT molecular complexity index is 699. The molecule has 1 aliphatic carbocycles. The molecule has 122 valence electrons. The number of nitrogens with zero attached hydrogens (tertiary/aromatic N) is 3. The summed E-state index contributed by atoms with van der Waals surface area (Å²) in [7, 11) is 0. The third-order valence-electron chi connectivity index (χ3n) is 3.70. The molecule has 1 aromatic carbocycles. The topological polar surface area (TPSA) is 75.3 Å². The van der Waals surface area contributed by atoms with E-state index in [1.807, 2.05) is 25.1 Å². The predicted octanol–water partition coefficient (Wildman–Crippen LogP) is 2.85. The van der Waals surface area contributed by atoms with Crippen molar-refractivity contribution in [2.75, 3.05) is 6.54 Å². The highest BCUT2D eigenvalue weighted by Gasteiger charge is 2.33. The number of benzene rings is 1. The Morgan fingerprint density at radius 3 is 3.00 bits per heavy atom. The average Bonchev–Trinajstić information content (AvgIpc) is 3.03. The Balaban J connectivity index is 1.66. The number of halogens is 1. The summed E-state index contributed by atoms with van der Waals surface area (Å²) in [5.41, 5.74) is 0.827. The highest BCUT2D eigenvalue weighted by molar-refractivity contribution is 6.30. The maximum absolute atomic E-state index is 5.98. The zero-order valence-corrected chi connectivity index (χ0v) is 14.0. The predicted molar refractivity (Wildman–Crippen MR) is 90.3 cm³/mol. The van der Waals surface area contributed by atoms with E-state index in [9.17, 15) is 0 Å². The standard InChI is InChI=1S/C16H20ClN5O/c1-3-18-16(20-13-7-10(13)2)19-9-14-21-15(22-23-14)11-5-4-6-12(17)8-11/h4-6,8,10,13H,3,7,9H2,1-2H3,(H2,18,19,20). The first kappa shape index (κ1) is 15.8. The van der Waals surface area contributed by atoms with Gasteiger partial charge in [0.2, 0.25) is 11.7 Å². The lowest BCUT2D eigenvalue weighted by molar-refractivity contribution is 0.380. The Morgan fingerprint density at radius 1 is 1.48 bits per heavy atom. The summed E-state index contributed by atoms with van der Waals surface area (Å²) in [5.74, 6) is 2.48. The molecule has 3 rings (SSSR count). The minimum absolute atomic E-state index is 0.337. The fourth-order valence-corrected chi connectivity index (χ4v) is 2.42. The minimum Gasteiger partial charge on any atom is -0.357 e. The SMILES string of the molecule is CCNC(=NCc1nc(-c2cccc(Cl)c2)no1)NC1CC1C. The van der Waals surface area contributed by atoms with Gasteiger partial charge in [-0.25, -0.2) is 4.99 Å². The number of aromatic nitrogens is 2. The van der Waals surface area contributed by atoms with Gasteiger partial charge in [0.25, 0.3) is 0 Å². The van der Waals surface area contributed by atoms with Crippen LogP contribution in [0.4, 0.5) is 0 Å². The molecule has 0 radical (unpaired) electrons. The molecule has 2 aromatic rings. The Kier molecular flexibility index (Phi) is 4.81. The van der Waals surface area contributed by atoms with Crippen molar-refractivity contribution in [3.8, 4) is 11.4 Å². The first-order chi connectivity index (χ1) is 11.2. The normalized spacial score (nSPS) is 20.4. The van der Waals surface area contributed by atoms with Crippen molar-refractivity contribution < 1.29 is 4.52 Å². The second-order valence-corrected chi connectivity index (χ2v) is 6.12. The molecule has 1 aromatic heterocycles. The molecule has 1 saturated carbocycles. The maximum atomic E-state index is 5.98. The number of aliphatic imine (C=N–C) groups is 1. The molecule has 0 saturated heterocycles. The lowest BCUT2D eigenvalue weighted by atomic mass is 10.2. The quantitative estimate of drug-likeness (QED) is 0.650. The molecule has 2 atom stereocenters. The molecule has 0 aliphatic heterocycles. The van der Waals surface area contributed by atoms with Crippen LogP contribution in [-0.4, -0.2) is 28.7 Å². The Labute approximate surface area is 140 Å². The van der Waals surface area contributed by atoms with Crippen LogP contribution in [0.3, 0.4) is 0 Å². The second kappa shape index (κ2) is 7.00. The van der Waals surface area contributed by atoms with Crippen LogP contribution in [0, 0.1) is 5.92 Å². The summed E-state index contributed by atoms with van der Waals surface area (Å²) >= 11 is 5.98. The third kappa shape index (κ3) is 4.22. The van der Waals surface area contributed by atoms with Gasteiger partial charge in [-0.2, -0.15) is 4.98 Å². The van der Waals surface area contributed by atoms with E-state index in [0.29, 0.717) is 35.2 Å². The van der Waals surface area contributed by atoms with Gasteiger partial charge in [-0.05, 0) is 31.4 Å². The molecule has 2 unspecified atom stereocenters. The van der Waals surface area contributed by atoms with E-state index < -0.39 is 0 Å². The van der Waals surface area contributed by atoms with E-state index in [2.05, 4.69) is 32.7 Å². The second-order valence-electron chi connectivity index (χ2n) is 5.68. The minimum atomic E-state index is 0.337. The average molecular weight is 334 g/mol. The number of rotatable bonds is 5. The fourth-order valence-electron chi connectivity index (χ4n) is 2.23. The number of guanidine groups is 1. The van der Waals surface area contributed by atoms with Crippen LogP contribution in [0.5, 0.6) is 0 Å². The van der Waals surface area contributed by atoms with E-state index in [-0.39, 0.29) is 0 Å². The van der Waals surface area contributed by atoms with E-state index in [1.54, 1.807) is 6.07 Å². The summed E-state index contributed by atoms with van der Waals surface area (Å²) in [6.45, 7) is 5.41. The summed E-state index contributed by atoms with van der Waals surface area (Å²) in [4.78, 5) is 8.86. The molecule has 23 heavy (non-hydrogen) atoms. The number of nitrogens with one attached hydrogen (secondary N) is 2. The first-order valence-electron chi connectivity index (χ1n) is 7.79. The largest absolute Gasteiger partial charge is 0.357 e.